The predicted molar refractivity (Wildman–Crippen MR) is 114 cm³/mol. The third kappa shape index (κ3) is 3.80. The molecule has 1 N–H and O–H groups in total. The molecule has 0 bridgehead atoms. The molecule has 3 rings (SSSR count). The van der Waals surface area contributed by atoms with Gasteiger partial charge in [-0.1, -0.05) is 61.7 Å². The fourth-order valence-corrected chi connectivity index (χ4v) is 4.94. The summed E-state index contributed by atoms with van der Waals surface area (Å²) in [5.41, 5.74) is 2.14. The third-order valence-electron chi connectivity index (χ3n) is 4.75. The van der Waals surface area contributed by atoms with E-state index in [4.69, 9.17) is 11.6 Å². The molecule has 28 heavy (non-hydrogen) atoms. The standard InChI is InChI=1S/C21H23ClN2O3S/c1-3-4-8-13-23-21(25)20-19(15-9-6-5-7-10-15)17-14-16(22)11-12-18(17)24(2)28(20,26)27/h5-7,9-12,14H,3-4,8,13H2,1-2H3,(H,23,25). The minimum atomic E-state index is -4.01. The van der Waals surface area contributed by atoms with Gasteiger partial charge in [-0.15, -0.1) is 0 Å². The normalized spacial score (nSPS) is 15.3. The number of hydrogen-bond donors (Lipinski definition) is 1. The molecule has 1 aliphatic rings. The maximum absolute atomic E-state index is 13.2. The lowest BCUT2D eigenvalue weighted by Gasteiger charge is -2.31. The van der Waals surface area contributed by atoms with Crippen molar-refractivity contribution in [1.29, 1.82) is 0 Å². The number of benzene rings is 2. The zero-order valence-electron chi connectivity index (χ0n) is 15.9. The molecule has 2 aromatic rings. The molecule has 1 amide bonds. The number of amides is 1. The Balaban J connectivity index is 2.22. The lowest BCUT2D eigenvalue weighted by molar-refractivity contribution is -0.116. The number of carbonyl (C=O) groups excluding carboxylic acids is 1. The van der Waals surface area contributed by atoms with Crippen molar-refractivity contribution in [2.45, 2.75) is 26.2 Å². The average molecular weight is 419 g/mol. The summed E-state index contributed by atoms with van der Waals surface area (Å²) in [5.74, 6) is -0.590. The van der Waals surface area contributed by atoms with Gasteiger partial charge in [0.25, 0.3) is 15.9 Å². The molecular formula is C21H23ClN2O3S. The van der Waals surface area contributed by atoms with Gasteiger partial charge >= 0.3 is 0 Å². The fourth-order valence-electron chi connectivity index (χ4n) is 3.28. The van der Waals surface area contributed by atoms with Gasteiger partial charge in [0.05, 0.1) is 5.69 Å². The SMILES string of the molecule is CCCCCNC(=O)C1=C(c2ccccc2)c2cc(Cl)ccc2N(C)S1(=O)=O. The highest BCUT2D eigenvalue weighted by atomic mass is 35.5. The summed E-state index contributed by atoms with van der Waals surface area (Å²) >= 11 is 6.20. The summed E-state index contributed by atoms with van der Waals surface area (Å²) < 4.78 is 27.6. The Morgan fingerprint density at radius 2 is 1.82 bits per heavy atom. The lowest BCUT2D eigenvalue weighted by Crippen LogP contribution is -2.39. The number of nitrogens with one attached hydrogen (secondary N) is 1. The molecule has 0 unspecified atom stereocenters. The first-order valence-electron chi connectivity index (χ1n) is 9.24. The van der Waals surface area contributed by atoms with E-state index in [1.54, 1.807) is 30.3 Å². The first kappa shape index (κ1) is 20.4. The Hall–Kier alpha value is -2.31. The van der Waals surface area contributed by atoms with Crippen LogP contribution in [0.25, 0.3) is 5.57 Å². The Kier molecular flexibility index (Phi) is 6.10. The smallest absolute Gasteiger partial charge is 0.270 e. The van der Waals surface area contributed by atoms with Crippen LogP contribution in [0.3, 0.4) is 0 Å². The maximum Gasteiger partial charge on any atom is 0.270 e. The van der Waals surface area contributed by atoms with Crippen LogP contribution in [0.1, 0.15) is 37.3 Å². The first-order valence-corrected chi connectivity index (χ1v) is 11.1. The van der Waals surface area contributed by atoms with Gasteiger partial charge in [0.2, 0.25) is 0 Å². The zero-order chi connectivity index (χ0) is 20.3. The molecule has 1 aliphatic heterocycles. The van der Waals surface area contributed by atoms with Crippen LogP contribution in [-0.2, 0) is 14.8 Å². The largest absolute Gasteiger partial charge is 0.351 e. The average Bonchev–Trinajstić information content (AvgIpc) is 2.68. The highest BCUT2D eigenvalue weighted by molar-refractivity contribution is 7.97. The summed E-state index contributed by atoms with van der Waals surface area (Å²) in [6, 6.07) is 14.1. The van der Waals surface area contributed by atoms with Gasteiger partial charge in [-0.3, -0.25) is 9.10 Å². The van der Waals surface area contributed by atoms with E-state index < -0.39 is 15.9 Å². The van der Waals surface area contributed by atoms with Crippen LogP contribution in [0.2, 0.25) is 5.02 Å². The highest BCUT2D eigenvalue weighted by Crippen LogP contribution is 2.43. The summed E-state index contributed by atoms with van der Waals surface area (Å²) in [6.45, 7) is 2.50. The van der Waals surface area contributed by atoms with Crippen molar-refractivity contribution in [1.82, 2.24) is 5.32 Å². The van der Waals surface area contributed by atoms with Gasteiger partial charge in [-0.2, -0.15) is 0 Å². The molecule has 0 spiro atoms. The summed E-state index contributed by atoms with van der Waals surface area (Å²) in [5, 5.41) is 3.25. The monoisotopic (exact) mass is 418 g/mol. The lowest BCUT2D eigenvalue weighted by atomic mass is 9.95. The molecule has 148 valence electrons. The van der Waals surface area contributed by atoms with Gasteiger partial charge in [0, 0.05) is 29.8 Å². The van der Waals surface area contributed by atoms with E-state index in [1.807, 2.05) is 18.2 Å². The third-order valence-corrected chi connectivity index (χ3v) is 6.81. The second-order valence-electron chi connectivity index (χ2n) is 6.67. The van der Waals surface area contributed by atoms with Gasteiger partial charge in [-0.25, -0.2) is 8.42 Å². The van der Waals surface area contributed by atoms with Gasteiger partial charge < -0.3 is 5.32 Å². The van der Waals surface area contributed by atoms with Crippen LogP contribution >= 0.6 is 11.6 Å². The molecule has 5 nitrogen and oxygen atoms in total. The van der Waals surface area contributed by atoms with Crippen LogP contribution < -0.4 is 9.62 Å². The van der Waals surface area contributed by atoms with Gasteiger partial charge in [-0.05, 0) is 30.2 Å². The van der Waals surface area contributed by atoms with Gasteiger partial charge in [0.1, 0.15) is 0 Å². The van der Waals surface area contributed by atoms with Crippen molar-refractivity contribution in [3.8, 4) is 0 Å². The molecule has 1 heterocycles. The van der Waals surface area contributed by atoms with Crippen molar-refractivity contribution in [2.75, 3.05) is 17.9 Å². The fraction of sp³-hybridized carbons (Fsp3) is 0.286. The van der Waals surface area contributed by atoms with Crippen LogP contribution in [0, 0.1) is 0 Å². The summed E-state index contributed by atoms with van der Waals surface area (Å²) in [4.78, 5) is 12.8. The number of nitrogens with zero attached hydrogens (tertiary/aromatic N) is 1. The second-order valence-corrected chi connectivity index (χ2v) is 9.01. The van der Waals surface area contributed by atoms with Crippen LogP contribution in [0.4, 0.5) is 5.69 Å². The Labute approximate surface area is 171 Å². The molecule has 0 saturated carbocycles. The number of hydrogen-bond acceptors (Lipinski definition) is 3. The van der Waals surface area contributed by atoms with Crippen molar-refractivity contribution < 1.29 is 13.2 Å². The Bertz CT molecular complexity index is 1020. The van der Waals surface area contributed by atoms with E-state index in [1.165, 1.54) is 7.05 Å². The molecular weight excluding hydrogens is 396 g/mol. The second kappa shape index (κ2) is 8.37. The molecule has 2 aromatic carbocycles. The number of carbonyl (C=O) groups is 1. The number of fused-ring (bicyclic) bond motifs is 1. The summed E-state index contributed by atoms with van der Waals surface area (Å²) in [7, 11) is -2.56. The van der Waals surface area contributed by atoms with E-state index in [2.05, 4.69) is 12.2 Å². The zero-order valence-corrected chi connectivity index (χ0v) is 17.5. The van der Waals surface area contributed by atoms with Gasteiger partial charge in [0.15, 0.2) is 4.91 Å². The van der Waals surface area contributed by atoms with E-state index in [0.29, 0.717) is 34.0 Å². The number of anilines is 1. The molecule has 7 heteroatoms. The van der Waals surface area contributed by atoms with Crippen molar-refractivity contribution in [3.05, 3.63) is 69.6 Å². The number of sulfonamides is 1. The minimum Gasteiger partial charge on any atom is -0.351 e. The molecule has 0 aromatic heterocycles. The van der Waals surface area contributed by atoms with Crippen molar-refractivity contribution in [2.24, 2.45) is 0 Å². The Morgan fingerprint density at radius 3 is 2.50 bits per heavy atom. The van der Waals surface area contributed by atoms with Crippen LogP contribution in [-0.4, -0.2) is 27.9 Å². The van der Waals surface area contributed by atoms with Crippen LogP contribution in [0.15, 0.2) is 53.4 Å². The Morgan fingerprint density at radius 1 is 1.11 bits per heavy atom. The quantitative estimate of drug-likeness (QED) is 0.715. The maximum atomic E-state index is 13.2. The first-order chi connectivity index (χ1) is 13.4. The summed E-state index contributed by atoms with van der Waals surface area (Å²) in [6.07, 6.45) is 2.78. The van der Waals surface area contributed by atoms with Crippen molar-refractivity contribution >= 4 is 38.8 Å². The highest BCUT2D eigenvalue weighted by Gasteiger charge is 2.39. The molecule has 0 aliphatic carbocycles. The molecule has 0 atom stereocenters. The molecule has 0 fully saturated rings. The van der Waals surface area contributed by atoms with E-state index >= 15 is 0 Å². The molecule has 0 saturated heterocycles. The predicted octanol–water partition coefficient (Wildman–Crippen LogP) is 4.19. The van der Waals surface area contributed by atoms with E-state index in [-0.39, 0.29) is 4.91 Å². The van der Waals surface area contributed by atoms with Crippen LogP contribution in [0.5, 0.6) is 0 Å². The number of halogens is 1. The topological polar surface area (TPSA) is 66.5 Å². The number of rotatable bonds is 6. The molecule has 0 radical (unpaired) electrons. The number of unbranched alkanes of at least 4 members (excludes halogenated alkanes) is 2. The van der Waals surface area contributed by atoms with E-state index in [9.17, 15) is 13.2 Å². The van der Waals surface area contributed by atoms with Crippen molar-refractivity contribution in [3.63, 3.8) is 0 Å². The minimum absolute atomic E-state index is 0.243. The van der Waals surface area contributed by atoms with E-state index in [0.717, 1.165) is 23.6 Å².